The van der Waals surface area contributed by atoms with Crippen molar-refractivity contribution >= 4 is 29.7 Å². The van der Waals surface area contributed by atoms with E-state index in [4.69, 9.17) is 0 Å². The van der Waals surface area contributed by atoms with Crippen LogP contribution in [0.1, 0.15) is 40.9 Å². The molecule has 1 amide bonds. The van der Waals surface area contributed by atoms with Gasteiger partial charge in [-0.3, -0.25) is 4.79 Å². The van der Waals surface area contributed by atoms with Crippen LogP contribution in [0.4, 0.5) is 0 Å². The molecule has 1 fully saturated rings. The molecule has 1 aliphatic rings. The second-order valence-electron chi connectivity index (χ2n) is 6.98. The highest BCUT2D eigenvalue weighted by atomic mass is 35.5. The molecule has 0 radical (unpaired) electrons. The van der Waals surface area contributed by atoms with Crippen LogP contribution in [0.2, 0.25) is 0 Å². The first kappa shape index (κ1) is 20.9. The third-order valence-electron chi connectivity index (χ3n) is 5.04. The van der Waals surface area contributed by atoms with Gasteiger partial charge in [0.15, 0.2) is 0 Å². The van der Waals surface area contributed by atoms with Gasteiger partial charge in [0, 0.05) is 24.0 Å². The molecule has 142 valence electrons. The van der Waals surface area contributed by atoms with E-state index in [1.54, 1.807) is 11.3 Å². The van der Waals surface area contributed by atoms with E-state index in [2.05, 4.69) is 42.3 Å². The molecule has 0 unspecified atom stereocenters. The molecule has 0 atom stereocenters. The third kappa shape index (κ3) is 4.84. The number of hydrogen-bond donors (Lipinski definition) is 1. The van der Waals surface area contributed by atoms with Crippen molar-refractivity contribution in [1.29, 1.82) is 0 Å². The molecule has 0 bridgehead atoms. The summed E-state index contributed by atoms with van der Waals surface area (Å²) in [6.45, 7) is 6.95. The molecule has 4 nitrogen and oxygen atoms in total. The molecule has 2 aromatic rings. The van der Waals surface area contributed by atoms with Crippen molar-refractivity contribution in [3.8, 4) is 10.6 Å². The van der Waals surface area contributed by atoms with E-state index in [1.165, 1.54) is 17.5 Å². The molecule has 6 heteroatoms. The lowest BCUT2D eigenvalue weighted by Gasteiger charge is -2.31. The number of rotatable bonds is 5. The van der Waals surface area contributed by atoms with Gasteiger partial charge in [0.2, 0.25) is 0 Å². The number of nitrogens with zero attached hydrogens (tertiary/aromatic N) is 2. The number of piperidine rings is 1. The second kappa shape index (κ2) is 9.49. The van der Waals surface area contributed by atoms with E-state index in [-0.39, 0.29) is 18.3 Å². The number of thiazole rings is 1. The standard InChI is InChI=1S/C20H27N3OS.ClH/c1-14-4-5-17(15(2)12-14)19-22-18(13-25-19)20(24)23-10-7-16(8-11-23)6-9-21-3;/h4-5,12-13,16,21H,6-11H2,1-3H3;1H. The minimum absolute atomic E-state index is 0. The molecule has 1 saturated heterocycles. The lowest BCUT2D eigenvalue weighted by Crippen LogP contribution is -2.39. The molecule has 1 aliphatic heterocycles. The molecule has 0 saturated carbocycles. The highest BCUT2D eigenvalue weighted by Gasteiger charge is 2.25. The summed E-state index contributed by atoms with van der Waals surface area (Å²) in [5, 5.41) is 6.05. The van der Waals surface area contributed by atoms with Crippen LogP contribution in [0.15, 0.2) is 23.6 Å². The van der Waals surface area contributed by atoms with Crippen LogP contribution < -0.4 is 5.32 Å². The summed E-state index contributed by atoms with van der Waals surface area (Å²) in [6.07, 6.45) is 3.40. The van der Waals surface area contributed by atoms with Crippen LogP contribution >= 0.6 is 23.7 Å². The Hall–Kier alpha value is -1.43. The molecule has 1 aromatic carbocycles. The van der Waals surface area contributed by atoms with Crippen molar-refractivity contribution in [3.63, 3.8) is 0 Å². The number of amides is 1. The fraction of sp³-hybridized carbons (Fsp3) is 0.500. The minimum Gasteiger partial charge on any atom is -0.337 e. The minimum atomic E-state index is 0. The van der Waals surface area contributed by atoms with E-state index in [9.17, 15) is 4.79 Å². The number of benzene rings is 1. The fourth-order valence-electron chi connectivity index (χ4n) is 3.48. The summed E-state index contributed by atoms with van der Waals surface area (Å²) < 4.78 is 0. The Balaban J connectivity index is 0.00000243. The number of carbonyl (C=O) groups excluding carboxylic acids is 1. The zero-order valence-electron chi connectivity index (χ0n) is 15.7. The summed E-state index contributed by atoms with van der Waals surface area (Å²) in [5.74, 6) is 0.817. The Morgan fingerprint density at radius 3 is 2.69 bits per heavy atom. The summed E-state index contributed by atoms with van der Waals surface area (Å²) in [6, 6.07) is 6.36. The Labute approximate surface area is 166 Å². The van der Waals surface area contributed by atoms with Gasteiger partial charge in [-0.25, -0.2) is 4.98 Å². The van der Waals surface area contributed by atoms with E-state index in [0.29, 0.717) is 5.69 Å². The van der Waals surface area contributed by atoms with Gasteiger partial charge in [-0.1, -0.05) is 23.8 Å². The lowest BCUT2D eigenvalue weighted by molar-refractivity contribution is 0.0682. The van der Waals surface area contributed by atoms with Crippen LogP contribution in [0.3, 0.4) is 0 Å². The highest BCUT2D eigenvalue weighted by molar-refractivity contribution is 7.13. The van der Waals surface area contributed by atoms with Gasteiger partial charge in [-0.15, -0.1) is 23.7 Å². The predicted molar refractivity (Wildman–Crippen MR) is 111 cm³/mol. The Morgan fingerprint density at radius 1 is 1.31 bits per heavy atom. The summed E-state index contributed by atoms with van der Waals surface area (Å²) in [7, 11) is 1.99. The van der Waals surface area contributed by atoms with Crippen molar-refractivity contribution in [2.24, 2.45) is 5.92 Å². The number of halogens is 1. The maximum Gasteiger partial charge on any atom is 0.273 e. The number of aryl methyl sites for hydroxylation is 2. The smallest absolute Gasteiger partial charge is 0.273 e. The van der Waals surface area contributed by atoms with Crippen LogP contribution in [-0.4, -0.2) is 42.5 Å². The van der Waals surface area contributed by atoms with Crippen LogP contribution in [-0.2, 0) is 0 Å². The van der Waals surface area contributed by atoms with Gasteiger partial charge in [0.05, 0.1) is 0 Å². The Kier molecular flexibility index (Phi) is 7.62. The van der Waals surface area contributed by atoms with Crippen molar-refractivity contribution in [1.82, 2.24) is 15.2 Å². The van der Waals surface area contributed by atoms with E-state index in [0.717, 1.165) is 49.0 Å². The summed E-state index contributed by atoms with van der Waals surface area (Å²) in [4.78, 5) is 19.4. The molecule has 1 aromatic heterocycles. The van der Waals surface area contributed by atoms with Crippen molar-refractivity contribution < 1.29 is 4.79 Å². The number of likely N-dealkylation sites (tertiary alicyclic amines) is 1. The van der Waals surface area contributed by atoms with Crippen molar-refractivity contribution in [3.05, 3.63) is 40.4 Å². The molecule has 2 heterocycles. The van der Waals surface area contributed by atoms with Gasteiger partial charge in [-0.2, -0.15) is 0 Å². The number of carbonyl (C=O) groups is 1. The first-order valence-electron chi connectivity index (χ1n) is 9.05. The summed E-state index contributed by atoms with van der Waals surface area (Å²) >= 11 is 1.56. The Bertz CT molecular complexity index is 738. The molecular weight excluding hydrogens is 366 g/mol. The molecule has 0 aliphatic carbocycles. The predicted octanol–water partition coefficient (Wildman–Crippen LogP) is 4.31. The average Bonchev–Trinajstić information content (AvgIpc) is 3.09. The van der Waals surface area contributed by atoms with Crippen LogP contribution in [0, 0.1) is 19.8 Å². The maximum atomic E-state index is 12.8. The average molecular weight is 394 g/mol. The number of hydrogen-bond acceptors (Lipinski definition) is 4. The van der Waals surface area contributed by atoms with E-state index >= 15 is 0 Å². The Morgan fingerprint density at radius 2 is 2.04 bits per heavy atom. The van der Waals surface area contributed by atoms with Gasteiger partial charge < -0.3 is 10.2 Å². The maximum absolute atomic E-state index is 12.8. The van der Waals surface area contributed by atoms with Crippen molar-refractivity contribution in [2.45, 2.75) is 33.1 Å². The SMILES string of the molecule is CNCCC1CCN(C(=O)c2csc(-c3ccc(C)cc3C)n2)CC1.Cl. The summed E-state index contributed by atoms with van der Waals surface area (Å²) in [5.41, 5.74) is 4.17. The van der Waals surface area contributed by atoms with Crippen LogP contribution in [0.25, 0.3) is 10.6 Å². The number of aromatic nitrogens is 1. The first-order valence-corrected chi connectivity index (χ1v) is 9.93. The van der Waals surface area contributed by atoms with Gasteiger partial charge >= 0.3 is 0 Å². The van der Waals surface area contributed by atoms with Gasteiger partial charge in [0.25, 0.3) is 5.91 Å². The third-order valence-corrected chi connectivity index (χ3v) is 5.92. The molecule has 0 spiro atoms. The first-order chi connectivity index (χ1) is 12.1. The van der Waals surface area contributed by atoms with Crippen molar-refractivity contribution in [2.75, 3.05) is 26.7 Å². The second-order valence-corrected chi connectivity index (χ2v) is 7.84. The number of nitrogens with one attached hydrogen (secondary N) is 1. The fourth-order valence-corrected chi connectivity index (χ4v) is 4.37. The molecular formula is C20H28ClN3OS. The van der Waals surface area contributed by atoms with E-state index in [1.807, 2.05) is 17.3 Å². The normalized spacial score (nSPS) is 15.0. The quantitative estimate of drug-likeness (QED) is 0.823. The molecule has 26 heavy (non-hydrogen) atoms. The molecule has 3 rings (SSSR count). The zero-order chi connectivity index (χ0) is 17.8. The van der Waals surface area contributed by atoms with Crippen LogP contribution in [0.5, 0.6) is 0 Å². The largest absolute Gasteiger partial charge is 0.337 e. The zero-order valence-corrected chi connectivity index (χ0v) is 17.4. The topological polar surface area (TPSA) is 45.2 Å². The van der Waals surface area contributed by atoms with Gasteiger partial charge in [0.1, 0.15) is 10.7 Å². The van der Waals surface area contributed by atoms with Gasteiger partial charge in [-0.05, 0) is 58.2 Å². The monoisotopic (exact) mass is 393 g/mol. The lowest BCUT2D eigenvalue weighted by atomic mass is 9.93. The van der Waals surface area contributed by atoms with E-state index < -0.39 is 0 Å². The molecule has 1 N–H and O–H groups in total. The highest BCUT2D eigenvalue weighted by Crippen LogP contribution is 2.28.